The number of amides is 1. The van der Waals surface area contributed by atoms with E-state index in [1.54, 1.807) is 31.2 Å². The zero-order valence-corrected chi connectivity index (χ0v) is 16.2. The van der Waals surface area contributed by atoms with E-state index in [1.807, 2.05) is 0 Å². The molecule has 0 heterocycles. The Balaban J connectivity index is 2.05. The molecule has 0 aliphatic rings. The topological polar surface area (TPSA) is 66.5 Å². The highest BCUT2D eigenvalue weighted by molar-refractivity contribution is 7.89. The molecular formula is C17H17Cl2FN2O3S. The van der Waals surface area contributed by atoms with Gasteiger partial charge in [0.15, 0.2) is 0 Å². The maximum atomic E-state index is 13.3. The first-order valence-electron chi connectivity index (χ1n) is 7.70. The van der Waals surface area contributed by atoms with Gasteiger partial charge in [0.05, 0.1) is 16.5 Å². The van der Waals surface area contributed by atoms with Crippen molar-refractivity contribution in [2.45, 2.75) is 18.4 Å². The molecule has 0 radical (unpaired) electrons. The molecule has 0 bridgehead atoms. The first-order chi connectivity index (χ1) is 12.2. The zero-order valence-electron chi connectivity index (χ0n) is 13.9. The zero-order chi connectivity index (χ0) is 19.3. The number of rotatable bonds is 7. The normalized spacial score (nSPS) is 11.6. The fourth-order valence-electron chi connectivity index (χ4n) is 2.17. The van der Waals surface area contributed by atoms with Crippen molar-refractivity contribution in [3.05, 3.63) is 63.9 Å². The highest BCUT2D eigenvalue weighted by Gasteiger charge is 2.26. The molecule has 0 saturated carbocycles. The fourth-order valence-corrected chi connectivity index (χ4v) is 3.98. The van der Waals surface area contributed by atoms with Gasteiger partial charge in [0.2, 0.25) is 15.9 Å². The lowest BCUT2D eigenvalue weighted by Crippen LogP contribution is -2.40. The molecule has 1 amide bonds. The van der Waals surface area contributed by atoms with Crippen LogP contribution in [-0.4, -0.2) is 31.7 Å². The molecule has 140 valence electrons. The van der Waals surface area contributed by atoms with Gasteiger partial charge in [0.25, 0.3) is 0 Å². The molecule has 5 nitrogen and oxygen atoms in total. The first-order valence-corrected chi connectivity index (χ1v) is 9.90. The summed E-state index contributed by atoms with van der Waals surface area (Å²) in [5.74, 6) is -1.17. The van der Waals surface area contributed by atoms with E-state index < -0.39 is 21.7 Å². The van der Waals surface area contributed by atoms with E-state index in [2.05, 4.69) is 5.32 Å². The van der Waals surface area contributed by atoms with Crippen molar-refractivity contribution in [1.29, 1.82) is 0 Å². The smallest absolute Gasteiger partial charge is 0.243 e. The SMILES string of the molecule is CCN(CC(=O)NCc1ccc(Cl)cc1)S(=O)(=O)c1ccc(F)c(Cl)c1. The quantitative estimate of drug-likeness (QED) is 0.748. The predicted octanol–water partition coefficient (Wildman–Crippen LogP) is 3.46. The third-order valence-corrected chi connectivity index (χ3v) is 6.06. The van der Waals surface area contributed by atoms with Crippen LogP contribution in [0, 0.1) is 5.82 Å². The van der Waals surface area contributed by atoms with E-state index >= 15 is 0 Å². The summed E-state index contributed by atoms with van der Waals surface area (Å²) < 4.78 is 39.5. The van der Waals surface area contributed by atoms with Crippen molar-refractivity contribution >= 4 is 39.1 Å². The predicted molar refractivity (Wildman–Crippen MR) is 99.1 cm³/mol. The van der Waals surface area contributed by atoms with Gasteiger partial charge in [-0.1, -0.05) is 42.3 Å². The lowest BCUT2D eigenvalue weighted by molar-refractivity contribution is -0.121. The summed E-state index contributed by atoms with van der Waals surface area (Å²) in [6, 6.07) is 10.0. The van der Waals surface area contributed by atoms with Crippen molar-refractivity contribution in [2.75, 3.05) is 13.1 Å². The van der Waals surface area contributed by atoms with Crippen molar-refractivity contribution in [3.63, 3.8) is 0 Å². The third kappa shape index (κ3) is 5.17. The second-order valence-electron chi connectivity index (χ2n) is 5.41. The van der Waals surface area contributed by atoms with Crippen LogP contribution in [0.5, 0.6) is 0 Å². The Morgan fingerprint density at radius 2 is 1.81 bits per heavy atom. The van der Waals surface area contributed by atoms with Crippen molar-refractivity contribution in [1.82, 2.24) is 9.62 Å². The maximum Gasteiger partial charge on any atom is 0.243 e. The molecule has 0 aliphatic heterocycles. The Morgan fingerprint density at radius 3 is 2.38 bits per heavy atom. The molecular weight excluding hydrogens is 402 g/mol. The minimum Gasteiger partial charge on any atom is -0.351 e. The summed E-state index contributed by atoms with van der Waals surface area (Å²) in [5.41, 5.74) is 0.832. The minimum atomic E-state index is -3.97. The van der Waals surface area contributed by atoms with Crippen molar-refractivity contribution in [3.8, 4) is 0 Å². The van der Waals surface area contributed by atoms with E-state index in [0.717, 1.165) is 28.1 Å². The molecule has 1 N–H and O–H groups in total. The number of hydrogen-bond acceptors (Lipinski definition) is 3. The van der Waals surface area contributed by atoms with Gasteiger partial charge in [0, 0.05) is 18.1 Å². The Labute approximate surface area is 161 Å². The van der Waals surface area contributed by atoms with Gasteiger partial charge in [-0.15, -0.1) is 0 Å². The summed E-state index contributed by atoms with van der Waals surface area (Å²) >= 11 is 11.5. The van der Waals surface area contributed by atoms with Crippen LogP contribution in [0.2, 0.25) is 10.0 Å². The van der Waals surface area contributed by atoms with Gasteiger partial charge in [-0.3, -0.25) is 4.79 Å². The summed E-state index contributed by atoms with van der Waals surface area (Å²) in [7, 11) is -3.97. The van der Waals surface area contributed by atoms with E-state index in [4.69, 9.17) is 23.2 Å². The average Bonchev–Trinajstić information content (AvgIpc) is 2.61. The van der Waals surface area contributed by atoms with Crippen LogP contribution in [0.1, 0.15) is 12.5 Å². The van der Waals surface area contributed by atoms with E-state index in [-0.39, 0.29) is 29.6 Å². The lowest BCUT2D eigenvalue weighted by Gasteiger charge is -2.20. The highest BCUT2D eigenvalue weighted by Crippen LogP contribution is 2.22. The number of carbonyl (C=O) groups is 1. The van der Waals surface area contributed by atoms with Gasteiger partial charge in [-0.25, -0.2) is 12.8 Å². The van der Waals surface area contributed by atoms with Gasteiger partial charge in [0.1, 0.15) is 5.82 Å². The molecule has 0 unspecified atom stereocenters. The third-order valence-electron chi connectivity index (χ3n) is 3.60. The van der Waals surface area contributed by atoms with Gasteiger partial charge in [-0.05, 0) is 35.9 Å². The molecule has 26 heavy (non-hydrogen) atoms. The molecule has 0 aliphatic carbocycles. The molecule has 2 rings (SSSR count). The number of halogens is 3. The van der Waals surface area contributed by atoms with E-state index in [1.165, 1.54) is 0 Å². The number of benzene rings is 2. The van der Waals surface area contributed by atoms with Crippen LogP contribution in [0.15, 0.2) is 47.4 Å². The Hall–Kier alpha value is -1.67. The second-order valence-corrected chi connectivity index (χ2v) is 8.19. The van der Waals surface area contributed by atoms with Crippen LogP contribution >= 0.6 is 23.2 Å². The number of carbonyl (C=O) groups excluding carboxylic acids is 1. The number of nitrogens with one attached hydrogen (secondary N) is 1. The average molecular weight is 419 g/mol. The molecule has 2 aromatic rings. The van der Waals surface area contributed by atoms with Crippen LogP contribution < -0.4 is 5.32 Å². The molecule has 0 spiro atoms. The molecule has 0 aromatic heterocycles. The second kappa shape index (κ2) is 8.81. The van der Waals surface area contributed by atoms with E-state index in [0.29, 0.717) is 5.02 Å². The summed E-state index contributed by atoms with van der Waals surface area (Å²) in [4.78, 5) is 12.0. The standard InChI is InChI=1S/C17H17Cl2FN2O3S/c1-2-22(26(24,25)14-7-8-16(20)15(19)9-14)11-17(23)21-10-12-3-5-13(18)6-4-12/h3-9H,2,10-11H2,1H3,(H,21,23). The van der Waals surface area contributed by atoms with E-state index in [9.17, 15) is 17.6 Å². The van der Waals surface area contributed by atoms with Crippen LogP contribution in [0.4, 0.5) is 4.39 Å². The molecule has 0 atom stereocenters. The van der Waals surface area contributed by atoms with Crippen molar-refractivity contribution in [2.24, 2.45) is 0 Å². The Morgan fingerprint density at radius 1 is 1.15 bits per heavy atom. The molecule has 0 fully saturated rings. The summed E-state index contributed by atoms with van der Waals surface area (Å²) in [6.07, 6.45) is 0. The number of hydrogen-bond donors (Lipinski definition) is 1. The summed E-state index contributed by atoms with van der Waals surface area (Å²) in [5, 5.41) is 2.94. The van der Waals surface area contributed by atoms with Crippen LogP contribution in [0.3, 0.4) is 0 Å². The number of sulfonamides is 1. The highest BCUT2D eigenvalue weighted by atomic mass is 35.5. The number of likely N-dealkylation sites (N-methyl/N-ethyl adjacent to an activating group) is 1. The first kappa shape index (κ1) is 20.6. The Bertz CT molecular complexity index is 889. The monoisotopic (exact) mass is 418 g/mol. The van der Waals surface area contributed by atoms with Crippen LogP contribution in [0.25, 0.3) is 0 Å². The maximum absolute atomic E-state index is 13.3. The minimum absolute atomic E-state index is 0.0751. The summed E-state index contributed by atoms with van der Waals surface area (Å²) in [6.45, 7) is 1.57. The molecule has 9 heteroatoms. The van der Waals surface area contributed by atoms with Gasteiger partial charge in [-0.2, -0.15) is 4.31 Å². The van der Waals surface area contributed by atoms with Gasteiger partial charge >= 0.3 is 0 Å². The van der Waals surface area contributed by atoms with Gasteiger partial charge < -0.3 is 5.32 Å². The molecule has 2 aromatic carbocycles. The lowest BCUT2D eigenvalue weighted by atomic mass is 10.2. The largest absolute Gasteiger partial charge is 0.351 e. The Kier molecular flexibility index (Phi) is 7.00. The fraction of sp³-hybridized carbons (Fsp3) is 0.235. The van der Waals surface area contributed by atoms with Crippen LogP contribution in [-0.2, 0) is 21.4 Å². The molecule has 0 saturated heterocycles. The number of nitrogens with zero attached hydrogens (tertiary/aromatic N) is 1. The van der Waals surface area contributed by atoms with Crippen molar-refractivity contribution < 1.29 is 17.6 Å².